The second-order valence-electron chi connectivity index (χ2n) is 17.5. The van der Waals surface area contributed by atoms with Crippen LogP contribution in [0.25, 0.3) is 11.3 Å². The molecule has 6 N–H and O–H groups in total. The number of rotatable bonds is 19. The van der Waals surface area contributed by atoms with Crippen molar-refractivity contribution in [2.45, 2.75) is 91.1 Å². The summed E-state index contributed by atoms with van der Waals surface area (Å²) in [6.45, 7) is 10.3. The highest BCUT2D eigenvalue weighted by atomic mass is 16.5. The standard InChI is InChI=1S/C47H60N6O7/c1-46(2,3)42(38-28-48-44(57)53(38)29-33-16-11-8-12-17-33)43(56)52-37(25-31-14-9-7-10-15-31)39(54)26-35(50-40(55)27-47(4,5)30-49-45(58)59)24-32-20-22-34(23-21-32)36-18-13-19-41(51-36)60-6/h7-23,35,37-39,42,49,54H,24-30H2,1-6H3,(H,48,57)(H,50,55)(H,52,56)(H,58,59). The Morgan fingerprint density at radius 2 is 1.48 bits per heavy atom. The Morgan fingerprint density at radius 1 is 0.850 bits per heavy atom. The average Bonchev–Trinajstić information content (AvgIpc) is 3.55. The van der Waals surface area contributed by atoms with Crippen molar-refractivity contribution >= 4 is 23.9 Å². The molecule has 4 aromatic rings. The number of hydrogen-bond acceptors (Lipinski definition) is 7. The van der Waals surface area contributed by atoms with E-state index in [0.717, 1.165) is 27.9 Å². The fraction of sp³-hybridized carbons (Fsp3) is 0.426. The first-order valence-electron chi connectivity index (χ1n) is 20.5. The van der Waals surface area contributed by atoms with Crippen LogP contribution in [0.2, 0.25) is 0 Å². The van der Waals surface area contributed by atoms with Gasteiger partial charge >= 0.3 is 12.1 Å². The lowest BCUT2D eigenvalue weighted by Gasteiger charge is -2.39. The largest absolute Gasteiger partial charge is 0.481 e. The zero-order valence-corrected chi connectivity index (χ0v) is 35.5. The van der Waals surface area contributed by atoms with Crippen LogP contribution in [-0.2, 0) is 29.0 Å². The number of carboxylic acid groups (broad SMARTS) is 1. The number of carbonyl (C=O) groups is 4. The Morgan fingerprint density at radius 3 is 2.10 bits per heavy atom. The van der Waals surface area contributed by atoms with Gasteiger partial charge in [0, 0.05) is 43.7 Å². The third kappa shape index (κ3) is 13.0. The SMILES string of the molecule is COc1cccc(-c2ccc(CC(CC(O)C(Cc3ccccc3)NC(=O)C(C3CNC(=O)N3Cc3ccccc3)C(C)(C)C)NC(=O)CC(C)(C)CNC(=O)O)cc2)n1. The summed E-state index contributed by atoms with van der Waals surface area (Å²) < 4.78 is 5.30. The number of nitrogens with one attached hydrogen (secondary N) is 4. The van der Waals surface area contributed by atoms with Crippen LogP contribution in [0.4, 0.5) is 9.59 Å². The molecule has 0 aliphatic carbocycles. The molecule has 2 heterocycles. The van der Waals surface area contributed by atoms with Crippen LogP contribution >= 0.6 is 0 Å². The number of hydrogen-bond donors (Lipinski definition) is 6. The van der Waals surface area contributed by atoms with E-state index in [1.165, 1.54) is 0 Å². The number of amides is 5. The van der Waals surface area contributed by atoms with E-state index in [0.29, 0.717) is 31.8 Å². The Bertz CT molecular complexity index is 2040. The molecule has 1 saturated heterocycles. The van der Waals surface area contributed by atoms with Gasteiger partial charge in [0.1, 0.15) is 0 Å². The molecule has 1 aromatic heterocycles. The van der Waals surface area contributed by atoms with Gasteiger partial charge in [0.2, 0.25) is 17.7 Å². The van der Waals surface area contributed by atoms with Crippen molar-refractivity contribution in [2.24, 2.45) is 16.7 Å². The zero-order valence-electron chi connectivity index (χ0n) is 35.5. The molecule has 0 radical (unpaired) electrons. The summed E-state index contributed by atoms with van der Waals surface area (Å²) in [5, 5.41) is 33.1. The Balaban J connectivity index is 1.41. The van der Waals surface area contributed by atoms with Gasteiger partial charge in [-0.1, -0.05) is 126 Å². The van der Waals surface area contributed by atoms with E-state index < -0.39 is 47.1 Å². The van der Waals surface area contributed by atoms with Crippen LogP contribution in [0, 0.1) is 16.7 Å². The van der Waals surface area contributed by atoms with Gasteiger partial charge < -0.3 is 41.1 Å². The maximum atomic E-state index is 14.7. The van der Waals surface area contributed by atoms with Gasteiger partial charge in [0.15, 0.2) is 0 Å². The lowest BCUT2D eigenvalue weighted by atomic mass is 9.75. The van der Waals surface area contributed by atoms with E-state index in [9.17, 15) is 29.4 Å². The highest BCUT2D eigenvalue weighted by Crippen LogP contribution is 2.34. The number of aliphatic hydroxyl groups is 1. The number of ether oxygens (including phenoxy) is 1. The molecule has 0 spiro atoms. The van der Waals surface area contributed by atoms with Crippen molar-refractivity contribution in [3.63, 3.8) is 0 Å². The van der Waals surface area contributed by atoms with Crippen molar-refractivity contribution in [1.29, 1.82) is 0 Å². The summed E-state index contributed by atoms with van der Waals surface area (Å²) in [7, 11) is 1.57. The number of benzene rings is 3. The van der Waals surface area contributed by atoms with Crippen LogP contribution in [0.1, 0.15) is 64.2 Å². The van der Waals surface area contributed by atoms with E-state index in [2.05, 4.69) is 26.3 Å². The van der Waals surface area contributed by atoms with Crippen molar-refractivity contribution in [2.75, 3.05) is 20.2 Å². The first kappa shape index (κ1) is 45.1. The minimum atomic E-state index is -1.17. The molecule has 13 nitrogen and oxygen atoms in total. The van der Waals surface area contributed by atoms with E-state index in [4.69, 9.17) is 4.74 Å². The summed E-state index contributed by atoms with van der Waals surface area (Å²) in [5.41, 5.74) is 3.13. The maximum absolute atomic E-state index is 14.7. The van der Waals surface area contributed by atoms with Crippen molar-refractivity contribution < 1.29 is 34.1 Å². The second kappa shape index (κ2) is 20.3. The minimum absolute atomic E-state index is 0.0331. The molecule has 5 unspecified atom stereocenters. The molecule has 320 valence electrons. The number of pyridine rings is 1. The van der Waals surface area contributed by atoms with Gasteiger partial charge in [-0.25, -0.2) is 14.6 Å². The summed E-state index contributed by atoms with van der Waals surface area (Å²) in [4.78, 5) is 59.0. The predicted molar refractivity (Wildman–Crippen MR) is 231 cm³/mol. The Labute approximate surface area is 353 Å². The molecule has 5 rings (SSSR count). The molecule has 0 bridgehead atoms. The zero-order chi connectivity index (χ0) is 43.5. The Hall–Kier alpha value is -5.95. The topological polar surface area (TPSA) is 182 Å². The van der Waals surface area contributed by atoms with Crippen LogP contribution < -0.4 is 26.0 Å². The third-order valence-electron chi connectivity index (χ3n) is 10.9. The second-order valence-corrected chi connectivity index (χ2v) is 17.5. The van der Waals surface area contributed by atoms with Gasteiger partial charge in [-0.05, 0) is 52.8 Å². The summed E-state index contributed by atoms with van der Waals surface area (Å²) >= 11 is 0. The number of urea groups is 1. The maximum Gasteiger partial charge on any atom is 0.404 e. The van der Waals surface area contributed by atoms with Crippen molar-refractivity contribution in [3.8, 4) is 17.1 Å². The smallest absolute Gasteiger partial charge is 0.404 e. The highest BCUT2D eigenvalue weighted by molar-refractivity contribution is 5.84. The fourth-order valence-electron chi connectivity index (χ4n) is 7.92. The molecule has 13 heteroatoms. The quantitative estimate of drug-likeness (QED) is 0.0647. The number of methoxy groups -OCH3 is 1. The van der Waals surface area contributed by atoms with E-state index in [-0.39, 0.29) is 37.2 Å². The molecule has 60 heavy (non-hydrogen) atoms. The molecule has 5 atom stereocenters. The molecule has 1 aliphatic heterocycles. The summed E-state index contributed by atoms with van der Waals surface area (Å²) in [6, 6.07) is 30.6. The van der Waals surface area contributed by atoms with Gasteiger partial charge in [0.25, 0.3) is 0 Å². The molecular weight excluding hydrogens is 761 g/mol. The minimum Gasteiger partial charge on any atom is -0.481 e. The molecule has 0 saturated carbocycles. The lowest BCUT2D eigenvalue weighted by Crippen LogP contribution is -2.56. The van der Waals surface area contributed by atoms with Gasteiger partial charge in [-0.15, -0.1) is 0 Å². The van der Waals surface area contributed by atoms with E-state index in [1.54, 1.807) is 18.1 Å². The van der Waals surface area contributed by atoms with Gasteiger partial charge in [-0.3, -0.25) is 9.59 Å². The summed E-state index contributed by atoms with van der Waals surface area (Å²) in [5.74, 6) is -0.717. The average molecular weight is 821 g/mol. The fourth-order valence-corrected chi connectivity index (χ4v) is 7.92. The third-order valence-corrected chi connectivity index (χ3v) is 10.9. The predicted octanol–water partition coefficient (Wildman–Crippen LogP) is 6.20. The van der Waals surface area contributed by atoms with Crippen molar-refractivity contribution in [3.05, 3.63) is 120 Å². The monoisotopic (exact) mass is 820 g/mol. The van der Waals surface area contributed by atoms with Crippen LogP contribution in [-0.4, -0.2) is 88.5 Å². The first-order valence-corrected chi connectivity index (χ1v) is 20.5. The Kier molecular flexibility index (Phi) is 15.3. The van der Waals surface area contributed by atoms with E-state index in [1.807, 2.05) is 132 Å². The number of nitrogens with zero attached hydrogens (tertiary/aromatic N) is 2. The van der Waals surface area contributed by atoms with Crippen LogP contribution in [0.3, 0.4) is 0 Å². The van der Waals surface area contributed by atoms with E-state index >= 15 is 0 Å². The van der Waals surface area contributed by atoms with Crippen molar-refractivity contribution in [1.82, 2.24) is 31.2 Å². The number of aromatic nitrogens is 1. The number of aliphatic hydroxyl groups excluding tert-OH is 1. The van der Waals surface area contributed by atoms with Crippen LogP contribution in [0.15, 0.2) is 103 Å². The molecule has 3 aromatic carbocycles. The highest BCUT2D eigenvalue weighted by Gasteiger charge is 2.46. The number of carbonyl (C=O) groups excluding carboxylic acids is 3. The normalized spacial score (nSPS) is 16.2. The first-order chi connectivity index (χ1) is 28.5. The molecule has 1 fully saturated rings. The molecular formula is C47H60N6O7. The van der Waals surface area contributed by atoms with Gasteiger partial charge in [0.05, 0.1) is 36.9 Å². The van der Waals surface area contributed by atoms with Gasteiger partial charge in [-0.2, -0.15) is 0 Å². The molecule has 1 aliphatic rings. The summed E-state index contributed by atoms with van der Waals surface area (Å²) in [6.07, 6.45) is -1.46. The van der Waals surface area contributed by atoms with Crippen LogP contribution in [0.5, 0.6) is 5.88 Å². The lowest BCUT2D eigenvalue weighted by molar-refractivity contribution is -0.132. The molecule has 5 amide bonds.